The van der Waals surface area contributed by atoms with Crippen molar-refractivity contribution in [2.24, 2.45) is 0 Å². The summed E-state index contributed by atoms with van der Waals surface area (Å²) in [7, 11) is -8.89. The summed E-state index contributed by atoms with van der Waals surface area (Å²) in [4.78, 5) is -0.268. The van der Waals surface area contributed by atoms with Gasteiger partial charge in [-0.3, -0.25) is 0 Å². The Labute approximate surface area is 165 Å². The molecule has 0 aromatic heterocycles. The van der Waals surface area contributed by atoms with E-state index >= 15 is 0 Å². The monoisotopic (exact) mass is 424 g/mol. The third kappa shape index (κ3) is 3.59. The van der Waals surface area contributed by atoms with Gasteiger partial charge in [-0.1, -0.05) is 0 Å². The Kier molecular flexibility index (Phi) is 4.94. The van der Waals surface area contributed by atoms with Gasteiger partial charge in [0.05, 0.1) is 20.4 Å². The van der Waals surface area contributed by atoms with Crippen molar-refractivity contribution in [1.82, 2.24) is 0 Å². The number of nitrogens with zero attached hydrogens (tertiary/aromatic N) is 1. The standard InChI is InChI=1S/C19H23NO6S2/c1-12-10-14(28(24,25)26)11-16-15(12)6-7-17-18(16)19(3,4)13(2)20(17)8-5-9-27(21,22)23/h6-7,10-11H,5,8-9H2,1-4H3,(H-,21,22,23,24,25,26)/p-1. The average molecular weight is 425 g/mol. The SMILES string of the molecule is CC1=[N+](CCCS(=O)(=O)[O-])c2ccc3c(C)cc(S(=O)(=O)[O-])cc3c2C1(C)C. The van der Waals surface area contributed by atoms with E-state index < -0.39 is 31.4 Å². The highest BCUT2D eigenvalue weighted by Crippen LogP contribution is 2.45. The maximum absolute atomic E-state index is 11.6. The maximum Gasteiger partial charge on any atom is 0.210 e. The summed E-state index contributed by atoms with van der Waals surface area (Å²) in [6.45, 7) is 8.04. The molecule has 0 spiro atoms. The third-order valence-electron chi connectivity index (χ3n) is 5.58. The Balaban J connectivity index is 2.21. The predicted octanol–water partition coefficient (Wildman–Crippen LogP) is 2.38. The van der Waals surface area contributed by atoms with E-state index in [0.717, 1.165) is 22.3 Å². The average Bonchev–Trinajstić information content (AvgIpc) is 2.73. The zero-order valence-corrected chi connectivity index (χ0v) is 17.8. The molecule has 0 amide bonds. The van der Waals surface area contributed by atoms with E-state index in [0.29, 0.717) is 17.5 Å². The molecule has 0 unspecified atom stereocenters. The van der Waals surface area contributed by atoms with Gasteiger partial charge in [0.2, 0.25) is 5.69 Å². The molecule has 1 aliphatic rings. The topological polar surface area (TPSA) is 117 Å². The molecule has 152 valence electrons. The van der Waals surface area contributed by atoms with Crippen molar-refractivity contribution in [1.29, 1.82) is 0 Å². The van der Waals surface area contributed by atoms with Gasteiger partial charge in [-0.05, 0) is 55.3 Å². The summed E-state index contributed by atoms with van der Waals surface area (Å²) in [5, 5.41) is 1.55. The minimum atomic E-state index is -4.60. The third-order valence-corrected chi connectivity index (χ3v) is 7.19. The Morgan fingerprint density at radius 1 is 1.00 bits per heavy atom. The molecule has 0 N–H and O–H groups in total. The molecule has 1 aliphatic heterocycles. The highest BCUT2D eigenvalue weighted by atomic mass is 32.2. The van der Waals surface area contributed by atoms with Gasteiger partial charge in [0.1, 0.15) is 16.7 Å². The van der Waals surface area contributed by atoms with Gasteiger partial charge >= 0.3 is 0 Å². The lowest BCUT2D eigenvalue weighted by molar-refractivity contribution is -0.438. The first-order valence-electron chi connectivity index (χ1n) is 8.82. The molecular formula is C19H22NO6S2-. The second-order valence-corrected chi connectivity index (χ2v) is 10.6. The Morgan fingerprint density at radius 3 is 2.21 bits per heavy atom. The number of hydrogen-bond acceptors (Lipinski definition) is 6. The van der Waals surface area contributed by atoms with Gasteiger partial charge in [-0.15, -0.1) is 0 Å². The second-order valence-electron chi connectivity index (χ2n) is 7.73. The van der Waals surface area contributed by atoms with Crippen LogP contribution in [0.3, 0.4) is 0 Å². The van der Waals surface area contributed by atoms with Gasteiger partial charge in [0, 0.05) is 30.7 Å². The molecule has 0 bridgehead atoms. The molecule has 7 nitrogen and oxygen atoms in total. The molecule has 9 heteroatoms. The number of hydrogen-bond donors (Lipinski definition) is 0. The molecule has 0 aliphatic carbocycles. The zero-order valence-electron chi connectivity index (χ0n) is 16.1. The first-order valence-corrected chi connectivity index (χ1v) is 11.8. The highest BCUT2D eigenvalue weighted by molar-refractivity contribution is 7.86. The van der Waals surface area contributed by atoms with Crippen LogP contribution in [-0.2, 0) is 25.7 Å². The summed E-state index contributed by atoms with van der Waals surface area (Å²) in [5.74, 6) is -0.447. The fraction of sp³-hybridized carbons (Fsp3) is 0.421. The minimum Gasteiger partial charge on any atom is -0.748 e. The number of benzene rings is 2. The summed E-state index contributed by atoms with van der Waals surface area (Å²) >= 11 is 0. The van der Waals surface area contributed by atoms with Crippen LogP contribution in [0.2, 0.25) is 0 Å². The molecule has 1 heterocycles. The fourth-order valence-corrected chi connectivity index (χ4v) is 5.06. The van der Waals surface area contributed by atoms with Crippen LogP contribution in [0.25, 0.3) is 10.8 Å². The molecule has 0 saturated heterocycles. The van der Waals surface area contributed by atoms with Crippen molar-refractivity contribution >= 4 is 42.4 Å². The van der Waals surface area contributed by atoms with Crippen molar-refractivity contribution in [3.05, 3.63) is 35.4 Å². The van der Waals surface area contributed by atoms with E-state index in [4.69, 9.17) is 0 Å². The normalized spacial score (nSPS) is 16.6. The molecule has 0 radical (unpaired) electrons. The summed E-state index contributed by atoms with van der Waals surface area (Å²) in [6.07, 6.45) is 0.185. The molecule has 3 rings (SSSR count). The molecule has 28 heavy (non-hydrogen) atoms. The van der Waals surface area contributed by atoms with Crippen molar-refractivity contribution in [3.63, 3.8) is 0 Å². The van der Waals surface area contributed by atoms with Crippen LogP contribution in [0.15, 0.2) is 29.2 Å². The van der Waals surface area contributed by atoms with Gasteiger partial charge in [-0.25, -0.2) is 16.8 Å². The highest BCUT2D eigenvalue weighted by Gasteiger charge is 2.44. The van der Waals surface area contributed by atoms with E-state index in [1.54, 1.807) is 6.92 Å². The van der Waals surface area contributed by atoms with Crippen molar-refractivity contribution in [2.45, 2.75) is 44.4 Å². The summed E-state index contributed by atoms with van der Waals surface area (Å²) in [5.41, 5.74) is 2.92. The van der Waals surface area contributed by atoms with E-state index in [-0.39, 0.29) is 11.3 Å². The number of fused-ring (bicyclic) bond motifs is 3. The number of aryl methyl sites for hydroxylation is 1. The second kappa shape index (κ2) is 6.62. The first-order chi connectivity index (χ1) is 12.7. The van der Waals surface area contributed by atoms with Crippen LogP contribution in [0.5, 0.6) is 0 Å². The Bertz CT molecular complexity index is 1220. The number of rotatable bonds is 5. The van der Waals surface area contributed by atoms with Crippen LogP contribution in [-0.4, -0.2) is 48.5 Å². The first kappa shape index (κ1) is 20.9. The van der Waals surface area contributed by atoms with Gasteiger partial charge in [0.25, 0.3) is 0 Å². The summed E-state index contributed by atoms with van der Waals surface area (Å²) in [6, 6.07) is 6.59. The quantitative estimate of drug-likeness (QED) is 0.537. The van der Waals surface area contributed by atoms with Gasteiger partial charge in [0.15, 0.2) is 5.71 Å². The minimum absolute atomic E-state index is 0.185. The van der Waals surface area contributed by atoms with E-state index in [9.17, 15) is 25.9 Å². The Morgan fingerprint density at radius 2 is 1.64 bits per heavy atom. The lowest BCUT2D eigenvalue weighted by Gasteiger charge is -2.19. The maximum atomic E-state index is 11.6. The smallest absolute Gasteiger partial charge is 0.210 e. The summed E-state index contributed by atoms with van der Waals surface area (Å²) < 4.78 is 69.6. The van der Waals surface area contributed by atoms with Crippen LogP contribution >= 0.6 is 0 Å². The molecule has 0 fully saturated rings. The van der Waals surface area contributed by atoms with E-state index in [2.05, 4.69) is 0 Å². The van der Waals surface area contributed by atoms with Crippen molar-refractivity contribution in [2.75, 3.05) is 12.3 Å². The van der Waals surface area contributed by atoms with E-state index in [1.165, 1.54) is 12.1 Å². The lowest BCUT2D eigenvalue weighted by atomic mass is 9.79. The predicted molar refractivity (Wildman–Crippen MR) is 104 cm³/mol. The van der Waals surface area contributed by atoms with E-state index in [1.807, 2.05) is 37.5 Å². The van der Waals surface area contributed by atoms with Crippen LogP contribution in [0.1, 0.15) is 38.3 Å². The van der Waals surface area contributed by atoms with Gasteiger partial charge in [-0.2, -0.15) is 4.58 Å². The molecule has 2 aromatic carbocycles. The fourth-order valence-electron chi connectivity index (χ4n) is 3.99. The van der Waals surface area contributed by atoms with Crippen molar-refractivity contribution < 1.29 is 30.5 Å². The lowest BCUT2D eigenvalue weighted by Crippen LogP contribution is -2.27. The van der Waals surface area contributed by atoms with Gasteiger partial charge < -0.3 is 9.11 Å². The van der Waals surface area contributed by atoms with Crippen LogP contribution in [0, 0.1) is 6.92 Å². The molecule has 0 saturated carbocycles. The molecule has 0 atom stereocenters. The van der Waals surface area contributed by atoms with Crippen molar-refractivity contribution in [3.8, 4) is 0 Å². The zero-order chi connectivity index (χ0) is 21.1. The molecular weight excluding hydrogens is 402 g/mol. The Hall–Kier alpha value is -1.81. The molecule has 2 aromatic rings. The largest absolute Gasteiger partial charge is 0.748 e. The van der Waals surface area contributed by atoms with Crippen LogP contribution < -0.4 is 0 Å². The van der Waals surface area contributed by atoms with Crippen LogP contribution in [0.4, 0.5) is 5.69 Å².